The van der Waals surface area contributed by atoms with Crippen LogP contribution in [0, 0.1) is 0 Å². The number of rotatable bonds is 3. The molecule has 1 rings (SSSR count). The molecular formula is C9H18O5. The van der Waals surface area contributed by atoms with E-state index >= 15 is 0 Å². The molecule has 0 unspecified atom stereocenters. The summed E-state index contributed by atoms with van der Waals surface area (Å²) >= 11 is 0. The molecule has 5 atom stereocenters. The van der Waals surface area contributed by atoms with Gasteiger partial charge in [0.1, 0.15) is 18.3 Å². The summed E-state index contributed by atoms with van der Waals surface area (Å²) in [4.78, 5) is 0. The number of ether oxygens (including phenoxy) is 4. The highest BCUT2D eigenvalue weighted by molar-refractivity contribution is 4.89. The van der Waals surface area contributed by atoms with Crippen LogP contribution in [-0.4, -0.2) is 57.1 Å². The third kappa shape index (κ3) is 2.07. The molecule has 84 valence electrons. The minimum absolute atomic E-state index is 0.216. The van der Waals surface area contributed by atoms with E-state index in [2.05, 4.69) is 0 Å². The number of aliphatic hydroxyl groups is 1. The molecule has 0 saturated carbocycles. The van der Waals surface area contributed by atoms with Gasteiger partial charge in [0.05, 0.1) is 6.10 Å². The van der Waals surface area contributed by atoms with Gasteiger partial charge in [0, 0.05) is 21.3 Å². The van der Waals surface area contributed by atoms with Crippen molar-refractivity contribution in [2.75, 3.05) is 21.3 Å². The van der Waals surface area contributed by atoms with Crippen LogP contribution in [-0.2, 0) is 18.9 Å². The highest BCUT2D eigenvalue weighted by Crippen LogP contribution is 2.25. The van der Waals surface area contributed by atoms with Gasteiger partial charge in [-0.1, -0.05) is 0 Å². The maximum absolute atomic E-state index is 9.57. The van der Waals surface area contributed by atoms with E-state index in [-0.39, 0.29) is 18.3 Å². The van der Waals surface area contributed by atoms with Gasteiger partial charge >= 0.3 is 0 Å². The van der Waals surface area contributed by atoms with E-state index in [9.17, 15) is 5.11 Å². The molecule has 0 bridgehead atoms. The predicted molar refractivity (Wildman–Crippen MR) is 48.9 cm³/mol. The molecule has 0 aromatic carbocycles. The normalized spacial score (nSPS) is 43.9. The number of hydrogen-bond donors (Lipinski definition) is 1. The smallest absolute Gasteiger partial charge is 0.184 e. The minimum Gasteiger partial charge on any atom is -0.376 e. The van der Waals surface area contributed by atoms with Crippen LogP contribution in [0.2, 0.25) is 0 Å². The van der Waals surface area contributed by atoms with E-state index in [1.807, 2.05) is 6.92 Å². The summed E-state index contributed by atoms with van der Waals surface area (Å²) in [5.74, 6) is 0. The molecule has 0 amide bonds. The first-order valence-electron chi connectivity index (χ1n) is 4.57. The van der Waals surface area contributed by atoms with Crippen molar-refractivity contribution in [3.05, 3.63) is 0 Å². The molecule has 0 aromatic rings. The Bertz CT molecular complexity index is 159. The molecule has 5 nitrogen and oxygen atoms in total. The first-order chi connectivity index (χ1) is 6.65. The average molecular weight is 206 g/mol. The molecule has 0 spiro atoms. The zero-order valence-electron chi connectivity index (χ0n) is 8.97. The maximum Gasteiger partial charge on any atom is 0.184 e. The van der Waals surface area contributed by atoms with Crippen LogP contribution in [0.5, 0.6) is 0 Å². The van der Waals surface area contributed by atoms with Gasteiger partial charge in [-0.2, -0.15) is 0 Å². The lowest BCUT2D eigenvalue weighted by atomic mass is 9.99. The molecule has 1 N–H and O–H groups in total. The molecular weight excluding hydrogens is 188 g/mol. The van der Waals surface area contributed by atoms with Crippen molar-refractivity contribution in [3.8, 4) is 0 Å². The first-order valence-corrected chi connectivity index (χ1v) is 4.57. The Morgan fingerprint density at radius 2 is 1.43 bits per heavy atom. The fourth-order valence-electron chi connectivity index (χ4n) is 1.84. The van der Waals surface area contributed by atoms with Crippen LogP contribution in [0.3, 0.4) is 0 Å². The van der Waals surface area contributed by atoms with Crippen LogP contribution in [0.25, 0.3) is 0 Å². The molecule has 0 aromatic heterocycles. The monoisotopic (exact) mass is 206 g/mol. The Labute approximate surface area is 83.9 Å². The van der Waals surface area contributed by atoms with Crippen LogP contribution in [0.1, 0.15) is 6.92 Å². The molecule has 0 radical (unpaired) electrons. The van der Waals surface area contributed by atoms with E-state index in [1.165, 1.54) is 7.11 Å². The quantitative estimate of drug-likeness (QED) is 0.691. The van der Waals surface area contributed by atoms with Crippen LogP contribution < -0.4 is 0 Å². The molecule has 1 fully saturated rings. The second-order valence-corrected chi connectivity index (χ2v) is 3.33. The molecule has 5 heteroatoms. The second kappa shape index (κ2) is 5.04. The van der Waals surface area contributed by atoms with E-state index in [1.54, 1.807) is 14.2 Å². The Kier molecular flexibility index (Phi) is 4.28. The van der Waals surface area contributed by atoms with Crippen molar-refractivity contribution in [2.24, 2.45) is 0 Å². The lowest BCUT2D eigenvalue weighted by Gasteiger charge is -2.41. The summed E-state index contributed by atoms with van der Waals surface area (Å²) in [6, 6.07) is 0. The Hall–Kier alpha value is -0.200. The van der Waals surface area contributed by atoms with Gasteiger partial charge in [0.2, 0.25) is 0 Å². The van der Waals surface area contributed by atoms with Crippen LogP contribution >= 0.6 is 0 Å². The van der Waals surface area contributed by atoms with Crippen molar-refractivity contribution in [1.82, 2.24) is 0 Å². The summed E-state index contributed by atoms with van der Waals surface area (Å²) in [7, 11) is 4.65. The molecule has 0 aliphatic carbocycles. The van der Waals surface area contributed by atoms with Gasteiger partial charge in [-0.25, -0.2) is 0 Å². The maximum atomic E-state index is 9.57. The van der Waals surface area contributed by atoms with Crippen LogP contribution in [0.15, 0.2) is 0 Å². The number of methoxy groups -OCH3 is 3. The van der Waals surface area contributed by atoms with Gasteiger partial charge in [-0.3, -0.25) is 0 Å². The van der Waals surface area contributed by atoms with Gasteiger partial charge in [0.25, 0.3) is 0 Å². The number of hydrogen-bond acceptors (Lipinski definition) is 5. The lowest BCUT2D eigenvalue weighted by molar-refractivity contribution is -0.291. The van der Waals surface area contributed by atoms with E-state index < -0.39 is 12.4 Å². The SMILES string of the molecule is CO[C@@H]1[C@H](OC)[C@H](C)O[C@@H](O)[C@H]1OC. The van der Waals surface area contributed by atoms with Crippen molar-refractivity contribution in [3.63, 3.8) is 0 Å². The zero-order chi connectivity index (χ0) is 10.7. The van der Waals surface area contributed by atoms with E-state index in [4.69, 9.17) is 18.9 Å². The lowest BCUT2D eigenvalue weighted by Crippen LogP contribution is -2.58. The number of aliphatic hydroxyl groups excluding tert-OH is 1. The van der Waals surface area contributed by atoms with Crippen molar-refractivity contribution < 1.29 is 24.1 Å². The summed E-state index contributed by atoms with van der Waals surface area (Å²) < 4.78 is 20.9. The summed E-state index contributed by atoms with van der Waals surface area (Å²) in [6.45, 7) is 1.83. The molecule has 14 heavy (non-hydrogen) atoms. The Morgan fingerprint density at radius 1 is 0.929 bits per heavy atom. The Balaban J connectivity index is 2.76. The average Bonchev–Trinajstić information content (AvgIpc) is 2.16. The first kappa shape index (κ1) is 11.9. The summed E-state index contributed by atoms with van der Waals surface area (Å²) in [6.07, 6.45) is -2.24. The largest absolute Gasteiger partial charge is 0.376 e. The zero-order valence-corrected chi connectivity index (χ0v) is 8.97. The molecule has 1 aliphatic heterocycles. The summed E-state index contributed by atoms with van der Waals surface area (Å²) in [5.41, 5.74) is 0. The predicted octanol–water partition coefficient (Wildman–Crippen LogP) is -0.232. The van der Waals surface area contributed by atoms with Gasteiger partial charge in [0.15, 0.2) is 6.29 Å². The van der Waals surface area contributed by atoms with E-state index in [0.717, 1.165) is 0 Å². The van der Waals surface area contributed by atoms with Crippen molar-refractivity contribution in [1.29, 1.82) is 0 Å². The highest BCUT2D eigenvalue weighted by atomic mass is 16.7. The topological polar surface area (TPSA) is 57.2 Å². The fraction of sp³-hybridized carbons (Fsp3) is 1.00. The van der Waals surface area contributed by atoms with Gasteiger partial charge < -0.3 is 24.1 Å². The Morgan fingerprint density at radius 3 is 1.86 bits per heavy atom. The molecule has 1 saturated heterocycles. The van der Waals surface area contributed by atoms with Crippen molar-refractivity contribution in [2.45, 2.75) is 37.6 Å². The molecule has 1 aliphatic rings. The van der Waals surface area contributed by atoms with Crippen molar-refractivity contribution >= 4 is 0 Å². The van der Waals surface area contributed by atoms with Gasteiger partial charge in [-0.05, 0) is 6.92 Å². The fourth-order valence-corrected chi connectivity index (χ4v) is 1.84. The minimum atomic E-state index is -0.966. The molecule has 1 heterocycles. The van der Waals surface area contributed by atoms with Gasteiger partial charge in [-0.15, -0.1) is 0 Å². The standard InChI is InChI=1S/C9H18O5/c1-5-6(11-2)7(12-3)8(13-4)9(10)14-5/h5-10H,1-4H3/t5-,6+,7+,8-,9+/m0/s1. The third-order valence-electron chi connectivity index (χ3n) is 2.56. The van der Waals surface area contributed by atoms with Crippen LogP contribution in [0.4, 0.5) is 0 Å². The van der Waals surface area contributed by atoms with E-state index in [0.29, 0.717) is 0 Å². The highest BCUT2D eigenvalue weighted by Gasteiger charge is 2.44. The third-order valence-corrected chi connectivity index (χ3v) is 2.56. The second-order valence-electron chi connectivity index (χ2n) is 3.33. The summed E-state index contributed by atoms with van der Waals surface area (Å²) in [5, 5.41) is 9.57.